The Morgan fingerprint density at radius 3 is 1.24 bits per heavy atom. The van der Waals surface area contributed by atoms with Gasteiger partial charge in [0.25, 0.3) is 0 Å². The molecular weight excluding hydrogens is 560 g/mol. The molecule has 0 aromatic heterocycles. The van der Waals surface area contributed by atoms with Crippen molar-refractivity contribution in [1.29, 1.82) is 0 Å². The first kappa shape index (κ1) is 31.4. The van der Waals surface area contributed by atoms with Crippen LogP contribution in [0.2, 0.25) is 8.45 Å². The number of hydrogen-bond donors (Lipinski definition) is 0. The van der Waals surface area contributed by atoms with Crippen molar-refractivity contribution in [1.82, 2.24) is 0 Å². The minimum atomic E-state index is -4.81. The average molecular weight is 603 g/mol. The third-order valence-electron chi connectivity index (χ3n) is 8.13. The molecule has 0 saturated carbocycles. The number of benzene rings is 2. The van der Waals surface area contributed by atoms with Crippen LogP contribution in [-0.4, -0.2) is 26.2 Å². The van der Waals surface area contributed by atoms with Crippen molar-refractivity contribution in [2.45, 2.75) is 50.0 Å². The standard InChI is InChI=1S/2C12H16F2N.2C5H5.Ti/c2*1-4-15(8-9(2)3)12-6-5-10(13)7-11(12)14;2*1-2-4-5-3-1;/h2*5-6,9H,4,8H2,1-3H3;2*1-5H;. The van der Waals surface area contributed by atoms with Gasteiger partial charge in [-0.2, -0.15) is 0 Å². The van der Waals surface area contributed by atoms with Crippen molar-refractivity contribution in [2.24, 2.45) is 11.8 Å². The van der Waals surface area contributed by atoms with E-state index in [1.54, 1.807) is 0 Å². The maximum absolute atomic E-state index is 17.1. The monoisotopic (exact) mass is 602 g/mol. The molecule has 0 heterocycles. The van der Waals surface area contributed by atoms with E-state index in [0.717, 1.165) is 0 Å². The van der Waals surface area contributed by atoms with Crippen LogP contribution >= 0.6 is 0 Å². The second-order valence-electron chi connectivity index (χ2n) is 11.8. The third-order valence-corrected chi connectivity index (χ3v) is 16.6. The summed E-state index contributed by atoms with van der Waals surface area (Å²) in [4.78, 5) is 3.78. The van der Waals surface area contributed by atoms with Gasteiger partial charge in [0.2, 0.25) is 0 Å². The average Bonchev–Trinajstić information content (AvgIpc) is 3.65. The van der Waals surface area contributed by atoms with Gasteiger partial charge in [0.15, 0.2) is 0 Å². The molecule has 0 fully saturated rings. The zero-order chi connectivity index (χ0) is 29.9. The Bertz CT molecular complexity index is 1230. The van der Waals surface area contributed by atoms with E-state index < -0.39 is 48.3 Å². The molecular formula is C34H42F4N2Ti. The number of rotatable bonds is 12. The summed E-state index contributed by atoms with van der Waals surface area (Å²) in [6, 6.07) is 5.52. The molecule has 2 aromatic carbocycles. The molecule has 2 nitrogen and oxygen atoms in total. The Hall–Kier alpha value is -2.57. The van der Waals surface area contributed by atoms with E-state index in [9.17, 15) is 0 Å². The molecule has 0 bridgehead atoms. The summed E-state index contributed by atoms with van der Waals surface area (Å²) in [5, 5.41) is 0. The molecule has 0 atom stereocenters. The molecule has 0 aliphatic heterocycles. The van der Waals surface area contributed by atoms with Crippen molar-refractivity contribution >= 4 is 19.1 Å². The molecule has 7 heteroatoms. The van der Waals surface area contributed by atoms with E-state index in [1.807, 2.05) is 100.0 Å². The van der Waals surface area contributed by atoms with E-state index in [1.165, 1.54) is 24.3 Å². The van der Waals surface area contributed by atoms with Crippen LogP contribution in [0.5, 0.6) is 0 Å². The Morgan fingerprint density at radius 2 is 0.951 bits per heavy atom. The molecule has 0 spiro atoms. The third kappa shape index (κ3) is 5.88. The molecule has 4 rings (SSSR count). The van der Waals surface area contributed by atoms with Crippen LogP contribution in [0.1, 0.15) is 41.5 Å². The van der Waals surface area contributed by atoms with Gasteiger partial charge in [-0.1, -0.05) is 0 Å². The van der Waals surface area contributed by atoms with Gasteiger partial charge in [-0.05, 0) is 0 Å². The Balaban J connectivity index is 2.13. The molecule has 0 unspecified atom stereocenters. The van der Waals surface area contributed by atoms with Gasteiger partial charge in [0.1, 0.15) is 0 Å². The topological polar surface area (TPSA) is 6.48 Å². The van der Waals surface area contributed by atoms with Crippen molar-refractivity contribution in [3.63, 3.8) is 0 Å². The molecule has 0 N–H and O–H groups in total. The fourth-order valence-corrected chi connectivity index (χ4v) is 15.3. The number of hydrogen-bond acceptors (Lipinski definition) is 2. The first-order chi connectivity index (χ1) is 19.6. The molecule has 220 valence electrons. The summed E-state index contributed by atoms with van der Waals surface area (Å²) in [6.45, 7) is 14.2. The zero-order valence-electron chi connectivity index (χ0n) is 25.0. The summed E-state index contributed by atoms with van der Waals surface area (Å²) >= 11 is -4.81. The van der Waals surface area contributed by atoms with Crippen LogP contribution in [0.4, 0.5) is 28.9 Å². The van der Waals surface area contributed by atoms with E-state index in [0.29, 0.717) is 26.2 Å². The summed E-state index contributed by atoms with van der Waals surface area (Å²) in [6.07, 6.45) is 14.8. The van der Waals surface area contributed by atoms with Gasteiger partial charge in [-0.3, -0.25) is 0 Å². The molecule has 41 heavy (non-hydrogen) atoms. The van der Waals surface area contributed by atoms with Crippen molar-refractivity contribution in [3.05, 3.63) is 96.1 Å². The van der Waals surface area contributed by atoms with Crippen molar-refractivity contribution in [2.75, 3.05) is 36.0 Å². The second-order valence-corrected chi connectivity index (χ2v) is 18.2. The fraction of sp³-hybridized carbons (Fsp3) is 0.412. The zero-order valence-corrected chi connectivity index (χ0v) is 26.5. The van der Waals surface area contributed by atoms with Crippen LogP contribution in [0.25, 0.3) is 0 Å². The molecule has 0 saturated heterocycles. The van der Waals surface area contributed by atoms with Crippen LogP contribution in [-0.2, 0) is 16.6 Å². The van der Waals surface area contributed by atoms with Gasteiger partial charge in [0.05, 0.1) is 0 Å². The number of halogens is 4. The SMILES string of the molecule is CCN(CC(C)C)c1ccc(F)[c]([Ti]([c]2c(F)ccc(N(CC)CC(C)C)c2F)([CH]2C=CC=C2)[CH]2C=CC=C2)c1F. The predicted octanol–water partition coefficient (Wildman–Crippen LogP) is 8.14. The van der Waals surface area contributed by atoms with Gasteiger partial charge in [-0.15, -0.1) is 0 Å². The van der Waals surface area contributed by atoms with E-state index >= 15 is 17.6 Å². The van der Waals surface area contributed by atoms with E-state index in [-0.39, 0.29) is 30.9 Å². The molecule has 0 amide bonds. The van der Waals surface area contributed by atoms with Crippen LogP contribution < -0.4 is 17.5 Å². The number of allylic oxidation sites excluding steroid dienone is 8. The van der Waals surface area contributed by atoms with Gasteiger partial charge in [-0.25, -0.2) is 0 Å². The van der Waals surface area contributed by atoms with Gasteiger partial charge >= 0.3 is 247 Å². The molecule has 2 aliphatic carbocycles. The van der Waals surface area contributed by atoms with Crippen molar-refractivity contribution < 1.29 is 34.2 Å². The number of nitrogens with zero attached hydrogens (tertiary/aromatic N) is 2. The van der Waals surface area contributed by atoms with Gasteiger partial charge < -0.3 is 0 Å². The molecule has 2 aromatic rings. The quantitative estimate of drug-likeness (QED) is 0.179. The summed E-state index contributed by atoms with van der Waals surface area (Å²) in [5.41, 5.74) is 0.549. The first-order valence-corrected chi connectivity index (χ1v) is 18.1. The summed E-state index contributed by atoms with van der Waals surface area (Å²) < 4.78 is 65.6. The van der Waals surface area contributed by atoms with E-state index in [2.05, 4.69) is 0 Å². The number of anilines is 2. The van der Waals surface area contributed by atoms with Crippen molar-refractivity contribution in [3.8, 4) is 0 Å². The molecule has 0 radical (unpaired) electrons. The Morgan fingerprint density at radius 1 is 0.610 bits per heavy atom. The minimum absolute atomic E-state index is 0.131. The van der Waals surface area contributed by atoms with Gasteiger partial charge in [0, 0.05) is 0 Å². The predicted molar refractivity (Wildman–Crippen MR) is 161 cm³/mol. The van der Waals surface area contributed by atoms with Crippen LogP contribution in [0.3, 0.4) is 0 Å². The Kier molecular flexibility index (Phi) is 10.1. The fourth-order valence-electron chi connectivity index (χ4n) is 6.49. The van der Waals surface area contributed by atoms with Crippen LogP contribution in [0, 0.1) is 35.1 Å². The molecule has 2 aliphatic rings. The second kappa shape index (κ2) is 13.2. The van der Waals surface area contributed by atoms with E-state index in [4.69, 9.17) is 0 Å². The van der Waals surface area contributed by atoms with Crippen LogP contribution in [0.15, 0.2) is 72.9 Å². The first-order valence-electron chi connectivity index (χ1n) is 14.7. The summed E-state index contributed by atoms with van der Waals surface area (Å²) in [5.74, 6) is -2.41. The maximum atomic E-state index is 17.1. The summed E-state index contributed by atoms with van der Waals surface area (Å²) in [7, 11) is 0. The normalized spacial score (nSPS) is 15.3. The Labute approximate surface area is 246 Å².